The van der Waals surface area contributed by atoms with Gasteiger partial charge in [-0.1, -0.05) is 6.07 Å². The second-order valence-corrected chi connectivity index (χ2v) is 3.17. The Morgan fingerprint density at radius 2 is 2.50 bits per heavy atom. The fourth-order valence-electron chi connectivity index (χ4n) is 1.46. The van der Waals surface area contributed by atoms with Crippen molar-refractivity contribution < 1.29 is 4.74 Å². The molecule has 1 aromatic heterocycles. The molecule has 14 heavy (non-hydrogen) atoms. The first-order valence-electron chi connectivity index (χ1n) is 4.57. The summed E-state index contributed by atoms with van der Waals surface area (Å²) in [5.41, 5.74) is 1.52. The number of nitrogens with zero attached hydrogens (tertiary/aromatic N) is 2. The number of nitrogens with one attached hydrogen (secondary N) is 1. The summed E-state index contributed by atoms with van der Waals surface area (Å²) in [4.78, 5) is 4.02. The van der Waals surface area contributed by atoms with E-state index in [9.17, 15) is 0 Å². The van der Waals surface area contributed by atoms with Crippen LogP contribution in [0.15, 0.2) is 18.3 Å². The van der Waals surface area contributed by atoms with Crippen molar-refractivity contribution in [2.24, 2.45) is 0 Å². The molecule has 0 radical (unpaired) electrons. The van der Waals surface area contributed by atoms with Crippen molar-refractivity contribution in [3.8, 4) is 6.07 Å². The van der Waals surface area contributed by atoms with Crippen LogP contribution in [0, 0.1) is 11.3 Å². The van der Waals surface area contributed by atoms with Gasteiger partial charge >= 0.3 is 0 Å². The molecular weight excluding hydrogens is 178 g/mol. The molecular formula is C10H11N3O. The third-order valence-electron chi connectivity index (χ3n) is 2.22. The minimum Gasteiger partial charge on any atom is -0.378 e. The third-order valence-corrected chi connectivity index (χ3v) is 2.22. The minimum absolute atomic E-state index is 0.212. The molecule has 1 aliphatic heterocycles. The molecule has 0 aliphatic carbocycles. The number of morpholine rings is 1. The molecule has 1 unspecified atom stereocenters. The zero-order chi connectivity index (χ0) is 9.80. The molecule has 0 amide bonds. The van der Waals surface area contributed by atoms with E-state index in [-0.39, 0.29) is 6.04 Å². The fraction of sp³-hybridized carbons (Fsp3) is 0.400. The molecule has 1 saturated heterocycles. The normalized spacial score (nSPS) is 21.5. The Balaban J connectivity index is 2.12. The average molecular weight is 189 g/mol. The van der Waals surface area contributed by atoms with E-state index in [0.29, 0.717) is 12.3 Å². The monoisotopic (exact) mass is 189 g/mol. The van der Waals surface area contributed by atoms with Crippen LogP contribution in [-0.2, 0) is 4.74 Å². The Labute approximate surface area is 82.5 Å². The molecule has 1 fully saturated rings. The molecule has 4 nitrogen and oxygen atoms in total. The molecule has 72 valence electrons. The van der Waals surface area contributed by atoms with Crippen LogP contribution < -0.4 is 5.32 Å². The van der Waals surface area contributed by atoms with Crippen LogP contribution in [-0.4, -0.2) is 24.7 Å². The topological polar surface area (TPSA) is 57.9 Å². The van der Waals surface area contributed by atoms with Crippen molar-refractivity contribution in [3.63, 3.8) is 0 Å². The van der Waals surface area contributed by atoms with Gasteiger partial charge in [0.1, 0.15) is 11.8 Å². The summed E-state index contributed by atoms with van der Waals surface area (Å²) in [7, 11) is 0. The van der Waals surface area contributed by atoms with Gasteiger partial charge in [-0.25, -0.2) is 4.98 Å². The minimum atomic E-state index is 0.212. The molecule has 1 N–H and O–H groups in total. The first-order chi connectivity index (χ1) is 6.90. The molecule has 0 spiro atoms. The predicted molar refractivity (Wildman–Crippen MR) is 50.5 cm³/mol. The van der Waals surface area contributed by atoms with E-state index in [0.717, 1.165) is 18.7 Å². The Kier molecular flexibility index (Phi) is 2.73. The van der Waals surface area contributed by atoms with Crippen molar-refractivity contribution in [1.29, 1.82) is 5.26 Å². The van der Waals surface area contributed by atoms with Gasteiger partial charge in [0.25, 0.3) is 0 Å². The first-order valence-corrected chi connectivity index (χ1v) is 4.57. The van der Waals surface area contributed by atoms with Gasteiger partial charge < -0.3 is 10.1 Å². The van der Waals surface area contributed by atoms with Crippen molar-refractivity contribution in [3.05, 3.63) is 29.6 Å². The second kappa shape index (κ2) is 4.18. The van der Waals surface area contributed by atoms with Crippen LogP contribution in [0.4, 0.5) is 0 Å². The Hall–Kier alpha value is -1.44. The molecule has 4 heteroatoms. The number of pyridine rings is 1. The number of ether oxygens (including phenoxy) is 1. The standard InChI is InChI=1S/C10H11N3O/c11-5-9-2-1-8(6-13-9)10-7-14-4-3-12-10/h1-2,6,10,12H,3-4,7H2. The molecule has 0 aromatic carbocycles. The Morgan fingerprint density at radius 3 is 3.07 bits per heavy atom. The van der Waals surface area contributed by atoms with E-state index in [1.54, 1.807) is 12.3 Å². The SMILES string of the molecule is N#Cc1ccc(C2COCCN2)cn1. The molecule has 2 rings (SSSR count). The van der Waals surface area contributed by atoms with Gasteiger partial charge in [0, 0.05) is 12.7 Å². The van der Waals surface area contributed by atoms with Crippen LogP contribution in [0.1, 0.15) is 17.3 Å². The molecule has 1 aromatic rings. The quantitative estimate of drug-likeness (QED) is 0.703. The average Bonchev–Trinajstić information content (AvgIpc) is 2.30. The molecule has 1 aliphatic rings. The zero-order valence-corrected chi connectivity index (χ0v) is 7.73. The van der Waals surface area contributed by atoms with E-state index >= 15 is 0 Å². The van der Waals surface area contributed by atoms with Gasteiger partial charge in [0.05, 0.1) is 19.3 Å². The number of hydrogen-bond donors (Lipinski definition) is 1. The molecule has 2 heterocycles. The number of hydrogen-bond acceptors (Lipinski definition) is 4. The maximum absolute atomic E-state index is 8.59. The maximum Gasteiger partial charge on any atom is 0.140 e. The van der Waals surface area contributed by atoms with Crippen LogP contribution in [0.2, 0.25) is 0 Å². The molecule has 0 bridgehead atoms. The second-order valence-electron chi connectivity index (χ2n) is 3.17. The highest BCUT2D eigenvalue weighted by atomic mass is 16.5. The van der Waals surface area contributed by atoms with E-state index in [4.69, 9.17) is 10.00 Å². The van der Waals surface area contributed by atoms with Crippen LogP contribution in [0.5, 0.6) is 0 Å². The van der Waals surface area contributed by atoms with Crippen molar-refractivity contribution in [1.82, 2.24) is 10.3 Å². The van der Waals surface area contributed by atoms with Crippen molar-refractivity contribution >= 4 is 0 Å². The van der Waals surface area contributed by atoms with Gasteiger partial charge in [-0.05, 0) is 11.6 Å². The molecule has 0 saturated carbocycles. The van der Waals surface area contributed by atoms with Gasteiger partial charge in [-0.3, -0.25) is 0 Å². The predicted octanol–water partition coefficient (Wildman–Crippen LogP) is 0.614. The van der Waals surface area contributed by atoms with E-state index in [2.05, 4.69) is 10.3 Å². The number of nitriles is 1. The number of rotatable bonds is 1. The highest BCUT2D eigenvalue weighted by Crippen LogP contribution is 2.14. The highest BCUT2D eigenvalue weighted by Gasteiger charge is 2.14. The largest absolute Gasteiger partial charge is 0.378 e. The highest BCUT2D eigenvalue weighted by molar-refractivity contribution is 5.25. The van der Waals surface area contributed by atoms with Crippen molar-refractivity contribution in [2.75, 3.05) is 19.8 Å². The van der Waals surface area contributed by atoms with E-state index in [1.165, 1.54) is 0 Å². The van der Waals surface area contributed by atoms with Crippen LogP contribution >= 0.6 is 0 Å². The van der Waals surface area contributed by atoms with Gasteiger partial charge in [0.15, 0.2) is 0 Å². The summed E-state index contributed by atoms with van der Waals surface area (Å²) in [6, 6.07) is 5.85. The lowest BCUT2D eigenvalue weighted by Gasteiger charge is -2.23. The summed E-state index contributed by atoms with van der Waals surface area (Å²) in [6.45, 7) is 2.30. The summed E-state index contributed by atoms with van der Waals surface area (Å²) in [5.74, 6) is 0. The summed E-state index contributed by atoms with van der Waals surface area (Å²) < 4.78 is 5.34. The molecule has 1 atom stereocenters. The van der Waals surface area contributed by atoms with Gasteiger partial charge in [0.2, 0.25) is 0 Å². The summed E-state index contributed by atoms with van der Waals surface area (Å²) in [6.07, 6.45) is 1.73. The lowest BCUT2D eigenvalue weighted by molar-refractivity contribution is 0.0768. The van der Waals surface area contributed by atoms with Gasteiger partial charge in [-0.15, -0.1) is 0 Å². The Morgan fingerprint density at radius 1 is 1.57 bits per heavy atom. The van der Waals surface area contributed by atoms with Crippen LogP contribution in [0.25, 0.3) is 0 Å². The van der Waals surface area contributed by atoms with Gasteiger partial charge in [-0.2, -0.15) is 5.26 Å². The first kappa shape index (κ1) is 9.13. The maximum atomic E-state index is 8.59. The van der Waals surface area contributed by atoms with E-state index in [1.807, 2.05) is 12.1 Å². The third kappa shape index (κ3) is 1.90. The van der Waals surface area contributed by atoms with E-state index < -0.39 is 0 Å². The number of aromatic nitrogens is 1. The van der Waals surface area contributed by atoms with Crippen LogP contribution in [0.3, 0.4) is 0 Å². The summed E-state index contributed by atoms with van der Waals surface area (Å²) >= 11 is 0. The smallest absolute Gasteiger partial charge is 0.140 e. The summed E-state index contributed by atoms with van der Waals surface area (Å²) in [5, 5.41) is 11.9. The Bertz CT molecular complexity index is 335. The van der Waals surface area contributed by atoms with Crippen molar-refractivity contribution in [2.45, 2.75) is 6.04 Å². The zero-order valence-electron chi connectivity index (χ0n) is 7.73. The lowest BCUT2D eigenvalue weighted by Crippen LogP contribution is -2.34. The fourth-order valence-corrected chi connectivity index (χ4v) is 1.46. The lowest BCUT2D eigenvalue weighted by atomic mass is 10.1.